The van der Waals surface area contributed by atoms with Crippen LogP contribution in [0.2, 0.25) is 0 Å². The minimum atomic E-state index is -0.230. The van der Waals surface area contributed by atoms with Crippen LogP contribution in [-0.2, 0) is 16.0 Å². The number of carbonyl (C=O) groups is 2. The molecule has 3 aromatic rings. The topological polar surface area (TPSA) is 83.9 Å². The lowest BCUT2D eigenvalue weighted by Gasteiger charge is -2.22. The predicted octanol–water partition coefficient (Wildman–Crippen LogP) is 4.09. The molecule has 7 nitrogen and oxygen atoms in total. The third-order valence-electron chi connectivity index (χ3n) is 5.72. The Hall–Kier alpha value is -4.00. The summed E-state index contributed by atoms with van der Waals surface area (Å²) in [5.41, 5.74) is 3.18. The zero-order valence-electron chi connectivity index (χ0n) is 19.4. The van der Waals surface area contributed by atoms with Gasteiger partial charge in [-0.3, -0.25) is 14.5 Å². The van der Waals surface area contributed by atoms with Gasteiger partial charge in [0.05, 0.1) is 19.2 Å². The number of hydrogen-bond donors (Lipinski definition) is 1. The van der Waals surface area contributed by atoms with Gasteiger partial charge in [-0.1, -0.05) is 42.5 Å². The zero-order valence-corrected chi connectivity index (χ0v) is 19.4. The second kappa shape index (κ2) is 10.7. The molecule has 34 heavy (non-hydrogen) atoms. The molecule has 0 fully saturated rings. The molecular weight excluding hydrogens is 428 g/mol. The Balaban J connectivity index is 1.47. The first-order valence-electron chi connectivity index (χ1n) is 11.3. The molecule has 7 heteroatoms. The molecule has 0 saturated carbocycles. The highest BCUT2D eigenvalue weighted by atomic mass is 16.5. The summed E-state index contributed by atoms with van der Waals surface area (Å²) in [7, 11) is 1.60. The molecule has 0 spiro atoms. The molecule has 4 rings (SSSR count). The third-order valence-corrected chi connectivity index (χ3v) is 5.72. The fourth-order valence-corrected chi connectivity index (χ4v) is 3.92. The maximum Gasteiger partial charge on any atom is 0.240 e. The second-order valence-electron chi connectivity index (χ2n) is 8.29. The first-order chi connectivity index (χ1) is 16.5. The van der Waals surface area contributed by atoms with Crippen LogP contribution in [0.3, 0.4) is 0 Å². The average Bonchev–Trinajstić information content (AvgIpc) is 3.00. The third kappa shape index (κ3) is 5.67. The number of aliphatic imine (C=N–C) groups is 1. The van der Waals surface area contributed by atoms with Crippen molar-refractivity contribution in [3.05, 3.63) is 84.1 Å². The minimum absolute atomic E-state index is 0.0263. The van der Waals surface area contributed by atoms with Crippen LogP contribution in [0.1, 0.15) is 30.9 Å². The van der Waals surface area contributed by atoms with Crippen molar-refractivity contribution >= 4 is 29.0 Å². The van der Waals surface area contributed by atoms with E-state index in [4.69, 9.17) is 9.73 Å². The van der Waals surface area contributed by atoms with Gasteiger partial charge >= 0.3 is 0 Å². The number of carbonyl (C=O) groups excluding carboxylic acids is 2. The maximum atomic E-state index is 13.2. The molecule has 0 saturated heterocycles. The summed E-state index contributed by atoms with van der Waals surface area (Å²) in [6.07, 6.45) is 3.33. The summed E-state index contributed by atoms with van der Waals surface area (Å²) in [5, 5.41) is 3.01. The quantitative estimate of drug-likeness (QED) is 0.554. The Morgan fingerprint density at radius 1 is 1.12 bits per heavy atom. The monoisotopic (exact) mass is 456 g/mol. The summed E-state index contributed by atoms with van der Waals surface area (Å²) in [4.78, 5) is 36.6. The summed E-state index contributed by atoms with van der Waals surface area (Å²) in [5.74, 6) is 0.614. The normalized spacial score (nSPS) is 14.0. The Bertz CT molecular complexity index is 1190. The van der Waals surface area contributed by atoms with Crippen LogP contribution >= 0.6 is 0 Å². The standard InChI is InChI=1S/C27H28N4O3/c1-19(13-14-20-8-4-3-5-9-20)29-25(32)18-31-26(33)17-24(21-10-6-11-22(16-21)34-2)30-23-12-7-15-28-27(23)31/h3-12,15-16,19H,13-14,17-18H2,1-2H3,(H,29,32)/t19-/m1/s1. The van der Waals surface area contributed by atoms with Crippen molar-refractivity contribution in [2.75, 3.05) is 18.6 Å². The lowest BCUT2D eigenvalue weighted by atomic mass is 10.1. The van der Waals surface area contributed by atoms with Crippen LogP contribution in [0.5, 0.6) is 5.75 Å². The number of aromatic nitrogens is 1. The number of hydrogen-bond acceptors (Lipinski definition) is 5. The van der Waals surface area contributed by atoms with Gasteiger partial charge in [-0.05, 0) is 49.6 Å². The Morgan fingerprint density at radius 2 is 1.94 bits per heavy atom. The molecule has 1 aromatic heterocycles. The van der Waals surface area contributed by atoms with E-state index in [2.05, 4.69) is 22.4 Å². The van der Waals surface area contributed by atoms with Gasteiger partial charge < -0.3 is 10.1 Å². The molecule has 2 heterocycles. The van der Waals surface area contributed by atoms with Crippen LogP contribution in [-0.4, -0.2) is 42.2 Å². The Kier molecular flexibility index (Phi) is 7.32. The van der Waals surface area contributed by atoms with Crippen molar-refractivity contribution in [3.8, 4) is 5.75 Å². The van der Waals surface area contributed by atoms with Gasteiger partial charge in [0.1, 0.15) is 18.0 Å². The smallest absolute Gasteiger partial charge is 0.240 e. The number of aryl methyl sites for hydroxylation is 1. The van der Waals surface area contributed by atoms with E-state index >= 15 is 0 Å². The van der Waals surface area contributed by atoms with E-state index in [0.29, 0.717) is 23.0 Å². The molecule has 1 N–H and O–H groups in total. The number of amides is 2. The van der Waals surface area contributed by atoms with Gasteiger partial charge in [0.2, 0.25) is 11.8 Å². The number of nitrogens with one attached hydrogen (secondary N) is 1. The van der Waals surface area contributed by atoms with Crippen molar-refractivity contribution in [1.29, 1.82) is 0 Å². The second-order valence-corrected chi connectivity index (χ2v) is 8.29. The number of rotatable bonds is 8. The predicted molar refractivity (Wildman–Crippen MR) is 133 cm³/mol. The first kappa shape index (κ1) is 23.2. The molecule has 2 aromatic carbocycles. The molecule has 0 aliphatic carbocycles. The van der Waals surface area contributed by atoms with Crippen molar-refractivity contribution in [1.82, 2.24) is 10.3 Å². The summed E-state index contributed by atoms with van der Waals surface area (Å²) in [6.45, 7) is 1.86. The van der Waals surface area contributed by atoms with E-state index in [1.165, 1.54) is 10.5 Å². The molecule has 2 amide bonds. The largest absolute Gasteiger partial charge is 0.497 e. The van der Waals surface area contributed by atoms with E-state index in [-0.39, 0.29) is 30.8 Å². The van der Waals surface area contributed by atoms with Crippen molar-refractivity contribution in [2.45, 2.75) is 32.2 Å². The first-order valence-corrected chi connectivity index (χ1v) is 11.3. The molecule has 1 aliphatic rings. The van der Waals surface area contributed by atoms with Gasteiger partial charge in [-0.2, -0.15) is 0 Å². The van der Waals surface area contributed by atoms with Gasteiger partial charge in [-0.25, -0.2) is 9.98 Å². The Labute approximate surface area is 199 Å². The maximum absolute atomic E-state index is 13.2. The highest BCUT2D eigenvalue weighted by Crippen LogP contribution is 2.31. The van der Waals surface area contributed by atoms with Crippen LogP contribution in [0.4, 0.5) is 11.5 Å². The fraction of sp³-hybridized carbons (Fsp3) is 0.259. The summed E-state index contributed by atoms with van der Waals surface area (Å²) < 4.78 is 5.32. The van der Waals surface area contributed by atoms with Crippen LogP contribution < -0.4 is 15.0 Å². The number of fused-ring (bicyclic) bond motifs is 1. The summed E-state index contributed by atoms with van der Waals surface area (Å²) in [6, 6.07) is 21.1. The average molecular weight is 457 g/mol. The number of benzene rings is 2. The van der Waals surface area contributed by atoms with Crippen LogP contribution in [0, 0.1) is 0 Å². The zero-order chi connectivity index (χ0) is 23.9. The lowest BCUT2D eigenvalue weighted by Crippen LogP contribution is -2.44. The molecule has 0 unspecified atom stereocenters. The van der Waals surface area contributed by atoms with E-state index in [1.807, 2.05) is 49.4 Å². The number of anilines is 1. The lowest BCUT2D eigenvalue weighted by molar-refractivity contribution is -0.123. The number of ether oxygens (including phenoxy) is 1. The van der Waals surface area contributed by atoms with Gasteiger partial charge in [-0.15, -0.1) is 0 Å². The molecule has 1 aliphatic heterocycles. The number of pyridine rings is 1. The Morgan fingerprint density at radius 3 is 2.74 bits per heavy atom. The van der Waals surface area contributed by atoms with Crippen molar-refractivity contribution < 1.29 is 14.3 Å². The molecule has 0 radical (unpaired) electrons. The van der Waals surface area contributed by atoms with E-state index in [0.717, 1.165) is 18.4 Å². The van der Waals surface area contributed by atoms with Crippen LogP contribution in [0.25, 0.3) is 0 Å². The molecule has 1 atom stereocenters. The molecule has 0 bridgehead atoms. The number of methoxy groups -OCH3 is 1. The van der Waals surface area contributed by atoms with Gasteiger partial charge in [0.15, 0.2) is 5.82 Å². The highest BCUT2D eigenvalue weighted by Gasteiger charge is 2.28. The molecular formula is C27H28N4O3. The minimum Gasteiger partial charge on any atom is -0.497 e. The van der Waals surface area contributed by atoms with Gasteiger partial charge in [0, 0.05) is 17.8 Å². The van der Waals surface area contributed by atoms with E-state index in [1.54, 1.807) is 25.4 Å². The highest BCUT2D eigenvalue weighted by molar-refractivity contribution is 6.18. The molecule has 174 valence electrons. The fourth-order valence-electron chi connectivity index (χ4n) is 3.92. The van der Waals surface area contributed by atoms with Crippen molar-refractivity contribution in [2.24, 2.45) is 4.99 Å². The number of nitrogens with zero attached hydrogens (tertiary/aromatic N) is 3. The SMILES string of the molecule is COc1cccc(C2=Nc3cccnc3N(CC(=O)N[C@H](C)CCc3ccccc3)C(=O)C2)c1. The van der Waals surface area contributed by atoms with Crippen molar-refractivity contribution in [3.63, 3.8) is 0 Å². The van der Waals surface area contributed by atoms with E-state index in [9.17, 15) is 9.59 Å². The van der Waals surface area contributed by atoms with Gasteiger partial charge in [0.25, 0.3) is 0 Å². The summed E-state index contributed by atoms with van der Waals surface area (Å²) >= 11 is 0. The van der Waals surface area contributed by atoms with Crippen LogP contribution in [0.15, 0.2) is 77.9 Å². The van der Waals surface area contributed by atoms with E-state index < -0.39 is 0 Å².